The Morgan fingerprint density at radius 3 is 2.20 bits per heavy atom. The van der Waals surface area contributed by atoms with Crippen molar-refractivity contribution < 1.29 is 19.0 Å². The molecule has 0 aliphatic rings. The Kier molecular flexibility index (Phi) is 10.5. The van der Waals surface area contributed by atoms with Crippen LogP contribution in [0.4, 0.5) is 0 Å². The molecule has 1 amide bonds. The summed E-state index contributed by atoms with van der Waals surface area (Å²) in [6.45, 7) is 7.33. The van der Waals surface area contributed by atoms with E-state index in [1.165, 1.54) is 5.56 Å². The van der Waals surface area contributed by atoms with Crippen LogP contribution in [0.2, 0.25) is 0 Å². The summed E-state index contributed by atoms with van der Waals surface area (Å²) in [6.07, 6.45) is 0.936. The van der Waals surface area contributed by atoms with Crippen LogP contribution in [0.5, 0.6) is 17.2 Å². The number of benzene rings is 2. The van der Waals surface area contributed by atoms with Gasteiger partial charge in [0.05, 0.1) is 14.2 Å². The maximum Gasteiger partial charge on any atom is 0.258 e. The maximum atomic E-state index is 11.9. The molecule has 2 rings (SSSR count). The zero-order valence-corrected chi connectivity index (χ0v) is 19.2. The van der Waals surface area contributed by atoms with Crippen LogP contribution in [0.15, 0.2) is 42.5 Å². The minimum absolute atomic E-state index is 0. The first kappa shape index (κ1) is 25.6. The molecule has 0 unspecified atom stereocenters. The first-order valence-corrected chi connectivity index (χ1v) is 9.75. The van der Waals surface area contributed by atoms with Gasteiger partial charge in [0.2, 0.25) is 0 Å². The number of carbonyl (C=O) groups is 1. The Bertz CT molecular complexity index is 789. The highest BCUT2D eigenvalue weighted by Crippen LogP contribution is 2.28. The van der Waals surface area contributed by atoms with Crippen LogP contribution >= 0.6 is 12.4 Å². The van der Waals surface area contributed by atoms with Gasteiger partial charge in [-0.15, -0.1) is 12.4 Å². The molecule has 0 heterocycles. The number of hydrogen-bond acceptors (Lipinski definition) is 5. The summed E-state index contributed by atoms with van der Waals surface area (Å²) in [7, 11) is 3.26. The van der Waals surface area contributed by atoms with Crippen molar-refractivity contribution in [3.63, 3.8) is 0 Å². The van der Waals surface area contributed by atoms with Crippen molar-refractivity contribution in [1.82, 2.24) is 10.6 Å². The van der Waals surface area contributed by atoms with Gasteiger partial charge in [-0.1, -0.05) is 18.2 Å². The average molecular weight is 437 g/mol. The first-order chi connectivity index (χ1) is 13.8. The Labute approximate surface area is 185 Å². The van der Waals surface area contributed by atoms with E-state index >= 15 is 0 Å². The van der Waals surface area contributed by atoms with Crippen LogP contribution in [0.25, 0.3) is 0 Å². The van der Waals surface area contributed by atoms with Crippen LogP contribution in [0, 0.1) is 0 Å². The number of rotatable bonds is 10. The topological polar surface area (TPSA) is 68.8 Å². The van der Waals surface area contributed by atoms with Gasteiger partial charge in [-0.25, -0.2) is 0 Å². The molecule has 0 saturated heterocycles. The molecule has 0 saturated carbocycles. The molecule has 0 aliphatic heterocycles. The van der Waals surface area contributed by atoms with Gasteiger partial charge >= 0.3 is 0 Å². The van der Waals surface area contributed by atoms with Crippen LogP contribution in [-0.2, 0) is 17.8 Å². The number of ether oxygens (including phenoxy) is 3. The van der Waals surface area contributed by atoms with E-state index in [2.05, 4.69) is 22.8 Å². The third kappa shape index (κ3) is 8.93. The van der Waals surface area contributed by atoms with Gasteiger partial charge in [0.25, 0.3) is 5.91 Å². The number of amides is 1. The fourth-order valence-corrected chi connectivity index (χ4v) is 2.80. The summed E-state index contributed by atoms with van der Waals surface area (Å²) in [5.41, 5.74) is 2.06. The molecule has 0 fully saturated rings. The minimum Gasteiger partial charge on any atom is -0.497 e. The molecule has 2 aromatic rings. The second-order valence-electron chi connectivity index (χ2n) is 7.85. The van der Waals surface area contributed by atoms with Crippen molar-refractivity contribution in [3.05, 3.63) is 53.6 Å². The van der Waals surface area contributed by atoms with Crippen LogP contribution in [0.3, 0.4) is 0 Å². The molecule has 6 nitrogen and oxygen atoms in total. The highest BCUT2D eigenvalue weighted by Gasteiger charge is 2.15. The van der Waals surface area contributed by atoms with E-state index in [1.807, 2.05) is 51.1 Å². The van der Waals surface area contributed by atoms with E-state index in [0.717, 1.165) is 30.8 Å². The molecule has 2 N–H and O–H groups in total. The lowest BCUT2D eigenvalue weighted by atomic mass is 10.1. The predicted octanol–water partition coefficient (Wildman–Crippen LogP) is 3.75. The summed E-state index contributed by atoms with van der Waals surface area (Å²) in [6, 6.07) is 13.8. The highest BCUT2D eigenvalue weighted by atomic mass is 35.5. The monoisotopic (exact) mass is 436 g/mol. The molecule has 0 spiro atoms. The SMILES string of the molecule is COc1ccc(CCNCc2ccc(OCC(=O)NC(C)(C)C)c(OC)c2)cc1.Cl. The largest absolute Gasteiger partial charge is 0.497 e. The normalized spacial score (nSPS) is 10.7. The quantitative estimate of drug-likeness (QED) is 0.555. The first-order valence-electron chi connectivity index (χ1n) is 9.75. The minimum atomic E-state index is -0.286. The average Bonchev–Trinajstić information content (AvgIpc) is 2.69. The third-order valence-corrected chi connectivity index (χ3v) is 4.18. The molecule has 0 atom stereocenters. The van der Waals surface area contributed by atoms with Crippen LogP contribution in [-0.4, -0.2) is 38.8 Å². The molecule has 2 aromatic carbocycles. The fourth-order valence-electron chi connectivity index (χ4n) is 2.80. The standard InChI is InChI=1S/C23H32N2O4.ClH/c1-23(2,3)25-22(26)16-29-20-11-8-18(14-21(20)28-5)15-24-13-12-17-6-9-19(27-4)10-7-17;/h6-11,14,24H,12-13,15-16H2,1-5H3,(H,25,26);1H. The molecular formula is C23H33ClN2O4. The highest BCUT2D eigenvalue weighted by molar-refractivity contribution is 5.85. The molecule has 30 heavy (non-hydrogen) atoms. The summed E-state index contributed by atoms with van der Waals surface area (Å²) in [5.74, 6) is 1.87. The fraction of sp³-hybridized carbons (Fsp3) is 0.435. The van der Waals surface area contributed by atoms with E-state index in [-0.39, 0.29) is 30.5 Å². The van der Waals surface area contributed by atoms with Crippen molar-refractivity contribution in [2.75, 3.05) is 27.4 Å². The Balaban J connectivity index is 0.00000450. The van der Waals surface area contributed by atoms with Gasteiger partial charge in [0.15, 0.2) is 18.1 Å². The molecular weight excluding hydrogens is 404 g/mol. The van der Waals surface area contributed by atoms with Gasteiger partial charge in [-0.2, -0.15) is 0 Å². The van der Waals surface area contributed by atoms with Crippen molar-refractivity contribution >= 4 is 18.3 Å². The van der Waals surface area contributed by atoms with Crippen molar-refractivity contribution in [3.8, 4) is 17.2 Å². The lowest BCUT2D eigenvalue weighted by molar-refractivity contribution is -0.124. The Morgan fingerprint density at radius 2 is 1.60 bits per heavy atom. The predicted molar refractivity (Wildman–Crippen MR) is 122 cm³/mol. The van der Waals surface area contributed by atoms with E-state index in [9.17, 15) is 4.79 Å². The summed E-state index contributed by atoms with van der Waals surface area (Å²) in [4.78, 5) is 11.9. The van der Waals surface area contributed by atoms with E-state index in [1.54, 1.807) is 14.2 Å². The van der Waals surface area contributed by atoms with E-state index in [4.69, 9.17) is 14.2 Å². The summed E-state index contributed by atoms with van der Waals surface area (Å²) < 4.78 is 16.2. The maximum absolute atomic E-state index is 11.9. The smallest absolute Gasteiger partial charge is 0.258 e. The molecule has 7 heteroatoms. The second kappa shape index (κ2) is 12.3. The third-order valence-electron chi connectivity index (χ3n) is 4.18. The van der Waals surface area contributed by atoms with Crippen molar-refractivity contribution in [2.24, 2.45) is 0 Å². The van der Waals surface area contributed by atoms with Crippen LogP contribution in [0.1, 0.15) is 31.9 Å². The number of hydrogen-bond donors (Lipinski definition) is 2. The summed E-state index contributed by atoms with van der Waals surface area (Å²) in [5, 5.41) is 6.30. The number of halogens is 1. The van der Waals surface area contributed by atoms with Gasteiger partial charge in [-0.3, -0.25) is 4.79 Å². The molecule has 166 valence electrons. The molecule has 0 aromatic heterocycles. The summed E-state index contributed by atoms with van der Waals surface area (Å²) >= 11 is 0. The molecule has 0 radical (unpaired) electrons. The molecule has 0 bridgehead atoms. The number of nitrogens with one attached hydrogen (secondary N) is 2. The van der Waals surface area contributed by atoms with E-state index in [0.29, 0.717) is 11.5 Å². The Morgan fingerprint density at radius 1 is 0.933 bits per heavy atom. The van der Waals surface area contributed by atoms with Crippen molar-refractivity contribution in [1.29, 1.82) is 0 Å². The zero-order valence-electron chi connectivity index (χ0n) is 18.4. The van der Waals surface area contributed by atoms with E-state index < -0.39 is 0 Å². The second-order valence-corrected chi connectivity index (χ2v) is 7.85. The van der Waals surface area contributed by atoms with Gasteiger partial charge in [0.1, 0.15) is 5.75 Å². The van der Waals surface area contributed by atoms with Gasteiger partial charge < -0.3 is 24.8 Å². The Hall–Kier alpha value is -2.44. The lowest BCUT2D eigenvalue weighted by Crippen LogP contribution is -2.43. The lowest BCUT2D eigenvalue weighted by Gasteiger charge is -2.20. The number of carbonyl (C=O) groups excluding carboxylic acids is 1. The van der Waals surface area contributed by atoms with Crippen LogP contribution < -0.4 is 24.8 Å². The zero-order chi connectivity index (χ0) is 21.3. The molecule has 0 aliphatic carbocycles. The van der Waals surface area contributed by atoms with Gasteiger partial charge in [-0.05, 0) is 69.1 Å². The van der Waals surface area contributed by atoms with Gasteiger partial charge in [0, 0.05) is 12.1 Å². The van der Waals surface area contributed by atoms with Crippen molar-refractivity contribution in [2.45, 2.75) is 39.3 Å². The number of methoxy groups -OCH3 is 2.